The molecular weight excluding hydrogens is 376 g/mol. The molecule has 0 amide bonds. The molecule has 1 atom stereocenters. The van der Waals surface area contributed by atoms with Gasteiger partial charge in [-0.25, -0.2) is 18.4 Å². The van der Waals surface area contributed by atoms with E-state index >= 15 is 0 Å². The van der Waals surface area contributed by atoms with Gasteiger partial charge in [-0.05, 0) is 43.4 Å². The Balaban J connectivity index is 1.69. The molecule has 150 valence electrons. The molecular formula is C20H26N4O3S. The molecule has 2 aromatic rings. The molecule has 8 heteroatoms. The van der Waals surface area contributed by atoms with Gasteiger partial charge in [-0.1, -0.05) is 6.07 Å². The molecule has 1 aliphatic heterocycles. The Labute approximate surface area is 166 Å². The van der Waals surface area contributed by atoms with E-state index in [4.69, 9.17) is 9.72 Å². The van der Waals surface area contributed by atoms with Gasteiger partial charge in [-0.2, -0.15) is 4.31 Å². The van der Waals surface area contributed by atoms with Crippen molar-refractivity contribution in [3.8, 4) is 5.75 Å². The summed E-state index contributed by atoms with van der Waals surface area (Å²) in [5.41, 5.74) is 1.94. The first kappa shape index (κ1) is 19.1. The lowest BCUT2D eigenvalue weighted by molar-refractivity contribution is 0.219. The SMILES string of the molecule is COc1cccc(S(=O)(=O)N2CCCC3(CCc4cnc(N(C)C)nc43)C2)c1. The summed E-state index contributed by atoms with van der Waals surface area (Å²) in [4.78, 5) is 11.4. The Morgan fingerprint density at radius 2 is 2.07 bits per heavy atom. The van der Waals surface area contributed by atoms with Crippen LogP contribution in [-0.4, -0.2) is 57.0 Å². The van der Waals surface area contributed by atoms with Crippen molar-refractivity contribution >= 4 is 16.0 Å². The van der Waals surface area contributed by atoms with Crippen LogP contribution in [0.1, 0.15) is 30.5 Å². The molecule has 4 rings (SSSR count). The molecule has 1 saturated heterocycles. The molecule has 1 aromatic carbocycles. The zero-order valence-corrected chi connectivity index (χ0v) is 17.4. The van der Waals surface area contributed by atoms with Crippen LogP contribution in [0.2, 0.25) is 0 Å². The van der Waals surface area contributed by atoms with Crippen molar-refractivity contribution in [2.45, 2.75) is 36.0 Å². The van der Waals surface area contributed by atoms with Gasteiger partial charge in [0.25, 0.3) is 0 Å². The predicted molar refractivity (Wildman–Crippen MR) is 107 cm³/mol. The highest BCUT2D eigenvalue weighted by Crippen LogP contribution is 2.45. The van der Waals surface area contributed by atoms with E-state index in [0.717, 1.165) is 36.9 Å². The smallest absolute Gasteiger partial charge is 0.243 e. The summed E-state index contributed by atoms with van der Waals surface area (Å²) in [6.45, 7) is 0.992. The average Bonchev–Trinajstić information content (AvgIpc) is 3.05. The Bertz CT molecular complexity index is 989. The van der Waals surface area contributed by atoms with Crippen molar-refractivity contribution in [1.82, 2.24) is 14.3 Å². The Kier molecular flexibility index (Phi) is 4.79. The van der Waals surface area contributed by atoms with Gasteiger partial charge in [0.05, 0.1) is 17.7 Å². The molecule has 0 bridgehead atoms. The fourth-order valence-corrected chi connectivity index (χ4v) is 5.95. The van der Waals surface area contributed by atoms with Crippen molar-refractivity contribution in [3.63, 3.8) is 0 Å². The number of aryl methyl sites for hydroxylation is 1. The highest BCUT2D eigenvalue weighted by atomic mass is 32.2. The normalized spacial score (nSPS) is 22.2. The third-order valence-corrected chi connectivity index (χ3v) is 7.69. The summed E-state index contributed by atoms with van der Waals surface area (Å²) >= 11 is 0. The fraction of sp³-hybridized carbons (Fsp3) is 0.500. The number of anilines is 1. The second-order valence-electron chi connectivity index (χ2n) is 7.84. The first-order valence-corrected chi connectivity index (χ1v) is 11.0. The van der Waals surface area contributed by atoms with Gasteiger partial charge in [0.2, 0.25) is 16.0 Å². The highest BCUT2D eigenvalue weighted by Gasteiger charge is 2.46. The van der Waals surface area contributed by atoms with E-state index in [1.807, 2.05) is 25.2 Å². The first-order valence-electron chi connectivity index (χ1n) is 9.54. The van der Waals surface area contributed by atoms with Crippen molar-refractivity contribution < 1.29 is 13.2 Å². The zero-order chi connectivity index (χ0) is 19.9. The number of nitrogens with zero attached hydrogens (tertiary/aromatic N) is 4. The molecule has 0 N–H and O–H groups in total. The quantitative estimate of drug-likeness (QED) is 0.781. The summed E-state index contributed by atoms with van der Waals surface area (Å²) < 4.78 is 33.5. The van der Waals surface area contributed by atoms with Crippen LogP contribution in [0.15, 0.2) is 35.4 Å². The molecule has 0 radical (unpaired) electrons. The molecule has 2 heterocycles. The largest absolute Gasteiger partial charge is 0.497 e. The third kappa shape index (κ3) is 3.14. The van der Waals surface area contributed by atoms with Crippen molar-refractivity contribution in [1.29, 1.82) is 0 Å². The second-order valence-corrected chi connectivity index (χ2v) is 9.78. The highest BCUT2D eigenvalue weighted by molar-refractivity contribution is 7.89. The van der Waals surface area contributed by atoms with Crippen LogP contribution in [0, 0.1) is 0 Å². The number of ether oxygens (including phenoxy) is 1. The zero-order valence-electron chi connectivity index (χ0n) is 16.6. The number of aromatic nitrogens is 2. The Morgan fingerprint density at radius 1 is 1.25 bits per heavy atom. The van der Waals surface area contributed by atoms with Crippen LogP contribution in [0.25, 0.3) is 0 Å². The topological polar surface area (TPSA) is 75.6 Å². The van der Waals surface area contributed by atoms with E-state index in [-0.39, 0.29) is 10.3 Å². The lowest BCUT2D eigenvalue weighted by Gasteiger charge is -2.39. The summed E-state index contributed by atoms with van der Waals surface area (Å²) in [5.74, 6) is 1.22. The number of piperidine rings is 1. The van der Waals surface area contributed by atoms with Gasteiger partial charge in [-0.15, -0.1) is 0 Å². The van der Waals surface area contributed by atoms with E-state index in [9.17, 15) is 8.42 Å². The van der Waals surface area contributed by atoms with Crippen LogP contribution in [-0.2, 0) is 21.9 Å². The van der Waals surface area contributed by atoms with E-state index in [2.05, 4.69) is 4.98 Å². The molecule has 28 heavy (non-hydrogen) atoms. The molecule has 1 unspecified atom stereocenters. The van der Waals surface area contributed by atoms with Gasteiger partial charge in [0.15, 0.2) is 0 Å². The molecule has 1 aliphatic carbocycles. The second kappa shape index (κ2) is 7.00. The fourth-order valence-electron chi connectivity index (χ4n) is 4.35. The predicted octanol–water partition coefficient (Wildman–Crippen LogP) is 2.22. The summed E-state index contributed by atoms with van der Waals surface area (Å²) in [7, 11) is 1.79. The number of hydrogen-bond acceptors (Lipinski definition) is 6. The molecule has 7 nitrogen and oxygen atoms in total. The number of sulfonamides is 1. The van der Waals surface area contributed by atoms with Crippen molar-refractivity contribution in [2.24, 2.45) is 0 Å². The lowest BCUT2D eigenvalue weighted by Crippen LogP contribution is -2.47. The van der Waals surface area contributed by atoms with Crippen LogP contribution in [0.4, 0.5) is 5.95 Å². The number of benzene rings is 1. The number of rotatable bonds is 4. The number of hydrogen-bond donors (Lipinski definition) is 0. The monoisotopic (exact) mass is 402 g/mol. The number of methoxy groups -OCH3 is 1. The van der Waals surface area contributed by atoms with Crippen LogP contribution in [0.3, 0.4) is 0 Å². The average molecular weight is 403 g/mol. The maximum absolute atomic E-state index is 13.3. The van der Waals surface area contributed by atoms with E-state index in [1.165, 1.54) is 0 Å². The van der Waals surface area contributed by atoms with Gasteiger partial charge < -0.3 is 9.64 Å². The van der Waals surface area contributed by atoms with Gasteiger partial charge in [0.1, 0.15) is 5.75 Å². The lowest BCUT2D eigenvalue weighted by atomic mass is 9.78. The molecule has 1 spiro atoms. The molecule has 2 aliphatic rings. The van der Waals surface area contributed by atoms with Gasteiger partial charge in [0, 0.05) is 44.9 Å². The number of fused-ring (bicyclic) bond motifs is 2. The maximum Gasteiger partial charge on any atom is 0.243 e. The summed E-state index contributed by atoms with van der Waals surface area (Å²) in [6.07, 6.45) is 5.49. The molecule has 0 saturated carbocycles. The Morgan fingerprint density at radius 3 is 2.82 bits per heavy atom. The standard InChI is InChI=1S/C20H26N4O3S/c1-23(2)19-21-13-15-8-10-20(18(15)22-19)9-5-11-24(14-20)28(25,26)17-7-4-6-16(12-17)27-3/h4,6-7,12-13H,5,8-11,14H2,1-3H3. The maximum atomic E-state index is 13.3. The van der Waals surface area contributed by atoms with Gasteiger partial charge in [-0.3, -0.25) is 0 Å². The molecule has 1 aromatic heterocycles. The third-order valence-electron chi connectivity index (χ3n) is 5.85. The minimum Gasteiger partial charge on any atom is -0.497 e. The van der Waals surface area contributed by atoms with Gasteiger partial charge >= 0.3 is 0 Å². The first-order chi connectivity index (χ1) is 13.4. The molecule has 1 fully saturated rings. The summed E-state index contributed by atoms with van der Waals surface area (Å²) in [5, 5.41) is 0. The van der Waals surface area contributed by atoms with Crippen LogP contribution >= 0.6 is 0 Å². The van der Waals surface area contributed by atoms with Crippen LogP contribution < -0.4 is 9.64 Å². The van der Waals surface area contributed by atoms with Crippen LogP contribution in [0.5, 0.6) is 5.75 Å². The van der Waals surface area contributed by atoms with E-state index in [0.29, 0.717) is 24.8 Å². The van der Waals surface area contributed by atoms with E-state index in [1.54, 1.807) is 35.7 Å². The minimum atomic E-state index is -3.59. The van der Waals surface area contributed by atoms with E-state index < -0.39 is 10.0 Å². The van der Waals surface area contributed by atoms with Crippen molar-refractivity contribution in [2.75, 3.05) is 39.2 Å². The summed E-state index contributed by atoms with van der Waals surface area (Å²) in [6, 6.07) is 6.69. The minimum absolute atomic E-state index is 0.229. The van der Waals surface area contributed by atoms with Crippen molar-refractivity contribution in [3.05, 3.63) is 41.7 Å². The Hall–Kier alpha value is -2.19.